The van der Waals surface area contributed by atoms with Crippen molar-refractivity contribution in [3.05, 3.63) is 94.2 Å². The number of carbonyl (C=O) groups is 1. The predicted molar refractivity (Wildman–Crippen MR) is 117 cm³/mol. The van der Waals surface area contributed by atoms with Crippen molar-refractivity contribution < 1.29 is 13.2 Å². The van der Waals surface area contributed by atoms with Crippen LogP contribution < -0.4 is 10.0 Å². The minimum absolute atomic E-state index is 0.0149. The molecule has 0 aliphatic rings. The third-order valence-electron chi connectivity index (χ3n) is 4.27. The molecule has 0 aliphatic heterocycles. The summed E-state index contributed by atoms with van der Waals surface area (Å²) in [5.74, 6) is -0.468. The van der Waals surface area contributed by atoms with Gasteiger partial charge in [-0.15, -0.1) is 0 Å². The Morgan fingerprint density at radius 2 is 1.73 bits per heavy atom. The molecule has 2 aromatic carbocycles. The number of pyridine rings is 1. The van der Waals surface area contributed by atoms with Crippen molar-refractivity contribution in [3.8, 4) is 0 Å². The molecule has 0 unspecified atom stereocenters. The van der Waals surface area contributed by atoms with Crippen LogP contribution >= 0.6 is 23.2 Å². The van der Waals surface area contributed by atoms with Crippen molar-refractivity contribution in [2.45, 2.75) is 23.9 Å². The average Bonchev–Trinajstić information content (AvgIpc) is 2.74. The normalized spacial score (nSPS) is 12.3. The van der Waals surface area contributed by atoms with E-state index in [1.807, 2.05) is 36.4 Å². The van der Waals surface area contributed by atoms with Gasteiger partial charge in [-0.1, -0.05) is 59.6 Å². The molecule has 3 aromatic rings. The molecule has 1 heterocycles. The van der Waals surface area contributed by atoms with Gasteiger partial charge in [-0.05, 0) is 41.8 Å². The first-order valence-corrected chi connectivity index (χ1v) is 11.3. The second-order valence-corrected chi connectivity index (χ2v) is 9.04. The minimum atomic E-state index is -4.10. The van der Waals surface area contributed by atoms with E-state index in [0.29, 0.717) is 0 Å². The summed E-state index contributed by atoms with van der Waals surface area (Å²) in [4.78, 5) is 16.7. The van der Waals surface area contributed by atoms with Crippen molar-refractivity contribution in [1.82, 2.24) is 15.0 Å². The Morgan fingerprint density at radius 3 is 2.43 bits per heavy atom. The van der Waals surface area contributed by atoms with Gasteiger partial charge in [-0.3, -0.25) is 9.78 Å². The van der Waals surface area contributed by atoms with E-state index in [2.05, 4.69) is 15.0 Å². The number of carbonyl (C=O) groups excluding carboxylic acids is 1. The summed E-state index contributed by atoms with van der Waals surface area (Å²) in [6.45, 7) is 0.220. The summed E-state index contributed by atoms with van der Waals surface area (Å²) in [5, 5.41) is 2.99. The Balaban J connectivity index is 1.83. The lowest BCUT2D eigenvalue weighted by Crippen LogP contribution is -2.47. The van der Waals surface area contributed by atoms with E-state index >= 15 is 0 Å². The van der Waals surface area contributed by atoms with Gasteiger partial charge in [-0.2, -0.15) is 4.72 Å². The lowest BCUT2D eigenvalue weighted by atomic mass is 10.1. The standard InChI is InChI=1S/C21H19Cl2N3O3S/c22-17-8-9-18(23)20(12-17)30(28,29)26-19(11-15-5-2-1-3-6-15)21(27)25-14-16-7-4-10-24-13-16/h1-10,12-13,19,26H,11,14H2,(H,25,27)/t19-/m0/s1. The van der Waals surface area contributed by atoms with Gasteiger partial charge in [0.1, 0.15) is 10.9 Å². The van der Waals surface area contributed by atoms with Crippen LogP contribution in [0.1, 0.15) is 11.1 Å². The van der Waals surface area contributed by atoms with Crippen LogP contribution in [0, 0.1) is 0 Å². The Labute approximate surface area is 185 Å². The van der Waals surface area contributed by atoms with Crippen LogP contribution in [0.2, 0.25) is 10.0 Å². The lowest BCUT2D eigenvalue weighted by molar-refractivity contribution is -0.122. The first kappa shape index (κ1) is 22.2. The number of sulfonamides is 1. The molecule has 0 saturated carbocycles. The monoisotopic (exact) mass is 463 g/mol. The highest BCUT2D eigenvalue weighted by Crippen LogP contribution is 2.25. The highest BCUT2D eigenvalue weighted by atomic mass is 35.5. The molecule has 0 saturated heterocycles. The van der Waals surface area contributed by atoms with E-state index in [0.717, 1.165) is 11.1 Å². The first-order valence-electron chi connectivity index (χ1n) is 9.03. The van der Waals surface area contributed by atoms with Crippen LogP contribution in [0.25, 0.3) is 0 Å². The molecule has 0 radical (unpaired) electrons. The third-order valence-corrected chi connectivity index (χ3v) is 6.46. The molecule has 30 heavy (non-hydrogen) atoms. The lowest BCUT2D eigenvalue weighted by Gasteiger charge is -2.19. The topological polar surface area (TPSA) is 88.2 Å². The quantitative estimate of drug-likeness (QED) is 0.534. The molecule has 0 aliphatic carbocycles. The van der Waals surface area contributed by atoms with Crippen LogP contribution in [0.15, 0.2) is 78.0 Å². The average molecular weight is 464 g/mol. The molecule has 6 nitrogen and oxygen atoms in total. The Hall–Kier alpha value is -2.45. The molecule has 9 heteroatoms. The van der Waals surface area contributed by atoms with Gasteiger partial charge in [0.15, 0.2) is 0 Å². The Bertz CT molecular complexity index is 1110. The molecule has 1 aromatic heterocycles. The maximum absolute atomic E-state index is 12.9. The van der Waals surface area contributed by atoms with Crippen molar-refractivity contribution in [3.63, 3.8) is 0 Å². The number of nitrogens with zero attached hydrogens (tertiary/aromatic N) is 1. The van der Waals surface area contributed by atoms with Gasteiger partial charge < -0.3 is 5.32 Å². The van der Waals surface area contributed by atoms with Gasteiger partial charge in [0.25, 0.3) is 0 Å². The van der Waals surface area contributed by atoms with E-state index in [9.17, 15) is 13.2 Å². The van der Waals surface area contributed by atoms with E-state index in [-0.39, 0.29) is 27.9 Å². The van der Waals surface area contributed by atoms with Crippen LogP contribution in [0.5, 0.6) is 0 Å². The fourth-order valence-electron chi connectivity index (χ4n) is 2.79. The summed E-state index contributed by atoms with van der Waals surface area (Å²) in [6, 6.07) is 15.8. The summed E-state index contributed by atoms with van der Waals surface area (Å²) in [5.41, 5.74) is 1.60. The molecule has 156 valence electrons. The van der Waals surface area contributed by atoms with E-state index in [4.69, 9.17) is 23.2 Å². The second-order valence-electron chi connectivity index (χ2n) is 6.52. The largest absolute Gasteiger partial charge is 0.351 e. The fraction of sp³-hybridized carbons (Fsp3) is 0.143. The number of halogens is 2. The van der Waals surface area contributed by atoms with Gasteiger partial charge in [0, 0.05) is 24.0 Å². The zero-order chi connectivity index (χ0) is 21.6. The van der Waals surface area contributed by atoms with E-state index < -0.39 is 22.0 Å². The van der Waals surface area contributed by atoms with Crippen molar-refractivity contribution >= 4 is 39.1 Å². The van der Waals surface area contributed by atoms with Gasteiger partial charge in [-0.25, -0.2) is 8.42 Å². The summed E-state index contributed by atoms with van der Waals surface area (Å²) < 4.78 is 28.3. The SMILES string of the molecule is O=C(NCc1cccnc1)[C@H](Cc1ccccc1)NS(=O)(=O)c1cc(Cl)ccc1Cl. The highest BCUT2D eigenvalue weighted by Gasteiger charge is 2.27. The smallest absolute Gasteiger partial charge is 0.242 e. The molecule has 1 atom stereocenters. The third kappa shape index (κ3) is 6.03. The fourth-order valence-corrected chi connectivity index (χ4v) is 4.74. The summed E-state index contributed by atoms with van der Waals surface area (Å²) >= 11 is 12.0. The Kier molecular flexibility index (Phi) is 7.44. The molecule has 2 N–H and O–H groups in total. The number of hydrogen-bond donors (Lipinski definition) is 2. The van der Waals surface area contributed by atoms with Crippen LogP contribution in [0.4, 0.5) is 0 Å². The number of hydrogen-bond acceptors (Lipinski definition) is 4. The number of amides is 1. The summed E-state index contributed by atoms with van der Waals surface area (Å²) in [6.07, 6.45) is 3.42. The maximum atomic E-state index is 12.9. The zero-order valence-electron chi connectivity index (χ0n) is 15.8. The predicted octanol–water partition coefficient (Wildman–Crippen LogP) is 3.59. The van der Waals surface area contributed by atoms with Crippen LogP contribution in [-0.4, -0.2) is 25.4 Å². The van der Waals surface area contributed by atoms with Gasteiger partial charge >= 0.3 is 0 Å². The molecule has 1 amide bonds. The second kappa shape index (κ2) is 10.0. The molecule has 3 rings (SSSR count). The highest BCUT2D eigenvalue weighted by molar-refractivity contribution is 7.89. The van der Waals surface area contributed by atoms with Crippen LogP contribution in [-0.2, 0) is 27.8 Å². The first-order chi connectivity index (χ1) is 14.3. The van der Waals surface area contributed by atoms with Gasteiger partial charge in [0.05, 0.1) is 5.02 Å². The van der Waals surface area contributed by atoms with Crippen molar-refractivity contribution in [2.24, 2.45) is 0 Å². The maximum Gasteiger partial charge on any atom is 0.242 e. The molecule has 0 spiro atoms. The number of benzene rings is 2. The van der Waals surface area contributed by atoms with E-state index in [1.54, 1.807) is 18.5 Å². The van der Waals surface area contributed by atoms with E-state index in [1.165, 1.54) is 18.2 Å². The molecular formula is C21H19Cl2N3O3S. The Morgan fingerprint density at radius 1 is 1.00 bits per heavy atom. The zero-order valence-corrected chi connectivity index (χ0v) is 18.1. The molecule has 0 fully saturated rings. The minimum Gasteiger partial charge on any atom is -0.351 e. The molecular weight excluding hydrogens is 445 g/mol. The number of aromatic nitrogens is 1. The van der Waals surface area contributed by atoms with Crippen molar-refractivity contribution in [2.75, 3.05) is 0 Å². The summed E-state index contributed by atoms with van der Waals surface area (Å²) in [7, 11) is -4.10. The number of rotatable bonds is 8. The molecule has 0 bridgehead atoms. The number of nitrogens with one attached hydrogen (secondary N) is 2. The van der Waals surface area contributed by atoms with Crippen molar-refractivity contribution in [1.29, 1.82) is 0 Å². The van der Waals surface area contributed by atoms with Gasteiger partial charge in [0.2, 0.25) is 15.9 Å². The van der Waals surface area contributed by atoms with Crippen LogP contribution in [0.3, 0.4) is 0 Å².